The molecule has 2 heterocycles. The molecule has 0 spiro atoms. The average molecular weight is 332 g/mol. The Bertz CT molecular complexity index is 620. The molecule has 0 aliphatic heterocycles. The molecule has 1 amide bonds. The fourth-order valence-electron chi connectivity index (χ4n) is 2.64. The normalized spacial score (nSPS) is 12.1. The second-order valence-corrected chi connectivity index (χ2v) is 6.50. The Kier molecular flexibility index (Phi) is 6.74. The summed E-state index contributed by atoms with van der Waals surface area (Å²) in [4.78, 5) is 16.9. The van der Waals surface area contributed by atoms with Gasteiger partial charge in [-0.1, -0.05) is 13.3 Å². The van der Waals surface area contributed by atoms with Crippen LogP contribution in [0.15, 0.2) is 29.0 Å². The lowest BCUT2D eigenvalue weighted by Gasteiger charge is -2.16. The van der Waals surface area contributed by atoms with Gasteiger partial charge < -0.3 is 10.4 Å². The van der Waals surface area contributed by atoms with E-state index in [9.17, 15) is 4.79 Å². The first-order valence-electron chi connectivity index (χ1n) is 8.05. The maximum atomic E-state index is 12.4. The highest BCUT2D eigenvalue weighted by Crippen LogP contribution is 2.21. The lowest BCUT2D eigenvalue weighted by atomic mass is 10.00. The number of nitrogens with one attached hydrogen (secondary N) is 1. The standard InChI is InChI=1S/C18H24N2O2S/c1-3-4-14(7-9-21)11-19-18(22)16-5-6-17(20-13(16)2)15-8-10-23-12-15/h5-6,8,10,12,14,21H,3-4,7,9,11H2,1-2H3,(H,19,22). The zero-order chi connectivity index (χ0) is 16.7. The smallest absolute Gasteiger partial charge is 0.253 e. The quantitative estimate of drug-likeness (QED) is 0.775. The van der Waals surface area contributed by atoms with Crippen molar-refractivity contribution >= 4 is 17.2 Å². The van der Waals surface area contributed by atoms with Gasteiger partial charge in [-0.05, 0) is 49.3 Å². The number of aromatic nitrogens is 1. The molecule has 124 valence electrons. The van der Waals surface area contributed by atoms with Crippen LogP contribution in [0.1, 0.15) is 42.2 Å². The van der Waals surface area contributed by atoms with Crippen LogP contribution >= 0.6 is 11.3 Å². The minimum atomic E-state index is -0.0917. The highest BCUT2D eigenvalue weighted by molar-refractivity contribution is 7.08. The molecule has 2 rings (SSSR count). The van der Waals surface area contributed by atoms with Crippen LogP contribution in [0.25, 0.3) is 11.3 Å². The number of nitrogens with zero attached hydrogens (tertiary/aromatic N) is 1. The Morgan fingerprint density at radius 1 is 1.35 bits per heavy atom. The monoisotopic (exact) mass is 332 g/mol. The highest BCUT2D eigenvalue weighted by atomic mass is 32.1. The van der Waals surface area contributed by atoms with Gasteiger partial charge >= 0.3 is 0 Å². The second kappa shape index (κ2) is 8.79. The van der Waals surface area contributed by atoms with Crippen molar-refractivity contribution in [1.29, 1.82) is 0 Å². The number of aryl methyl sites for hydroxylation is 1. The SMILES string of the molecule is CCCC(CCO)CNC(=O)c1ccc(-c2ccsc2)nc1C. The van der Waals surface area contributed by atoms with E-state index < -0.39 is 0 Å². The van der Waals surface area contributed by atoms with Gasteiger partial charge in [-0.25, -0.2) is 0 Å². The molecular weight excluding hydrogens is 308 g/mol. The van der Waals surface area contributed by atoms with Crippen molar-refractivity contribution in [3.8, 4) is 11.3 Å². The van der Waals surface area contributed by atoms with Gasteiger partial charge in [0.1, 0.15) is 0 Å². The van der Waals surface area contributed by atoms with E-state index in [-0.39, 0.29) is 12.5 Å². The molecule has 2 N–H and O–H groups in total. The van der Waals surface area contributed by atoms with Crippen molar-refractivity contribution in [2.24, 2.45) is 5.92 Å². The van der Waals surface area contributed by atoms with E-state index in [1.165, 1.54) is 0 Å². The Hall–Kier alpha value is -1.72. The molecule has 0 bridgehead atoms. The Labute approximate surface area is 141 Å². The van der Waals surface area contributed by atoms with Gasteiger partial charge in [-0.15, -0.1) is 0 Å². The molecule has 0 aliphatic carbocycles. The maximum Gasteiger partial charge on any atom is 0.253 e. The minimum Gasteiger partial charge on any atom is -0.396 e. The number of pyridine rings is 1. The largest absolute Gasteiger partial charge is 0.396 e. The van der Waals surface area contributed by atoms with Crippen LogP contribution in [0.2, 0.25) is 0 Å². The van der Waals surface area contributed by atoms with Crippen LogP contribution in [-0.4, -0.2) is 29.1 Å². The third kappa shape index (κ3) is 4.88. The third-order valence-corrected chi connectivity index (χ3v) is 4.62. The molecular formula is C18H24N2O2S. The van der Waals surface area contributed by atoms with E-state index in [0.717, 1.165) is 36.2 Å². The molecule has 1 unspecified atom stereocenters. The number of aliphatic hydroxyl groups excluding tert-OH is 1. The number of hydrogen-bond donors (Lipinski definition) is 2. The summed E-state index contributed by atoms with van der Waals surface area (Å²) in [6.45, 7) is 4.74. The first kappa shape index (κ1) is 17.6. The molecule has 2 aromatic rings. The molecule has 0 saturated heterocycles. The van der Waals surface area contributed by atoms with Crippen LogP contribution in [0.4, 0.5) is 0 Å². The molecule has 0 aromatic carbocycles. The summed E-state index contributed by atoms with van der Waals surface area (Å²) in [5, 5.41) is 16.1. The van der Waals surface area contributed by atoms with Crippen molar-refractivity contribution in [3.05, 3.63) is 40.2 Å². The summed E-state index contributed by atoms with van der Waals surface area (Å²) in [5.74, 6) is 0.234. The summed E-state index contributed by atoms with van der Waals surface area (Å²) in [5.41, 5.74) is 3.32. The third-order valence-electron chi connectivity index (χ3n) is 3.93. The number of aliphatic hydroxyl groups is 1. The van der Waals surface area contributed by atoms with Crippen molar-refractivity contribution in [2.75, 3.05) is 13.2 Å². The molecule has 0 radical (unpaired) electrons. The molecule has 1 atom stereocenters. The van der Waals surface area contributed by atoms with Crippen LogP contribution in [-0.2, 0) is 0 Å². The van der Waals surface area contributed by atoms with Crippen molar-refractivity contribution in [2.45, 2.75) is 33.1 Å². The van der Waals surface area contributed by atoms with Crippen LogP contribution in [0, 0.1) is 12.8 Å². The van der Waals surface area contributed by atoms with Gasteiger partial charge in [-0.2, -0.15) is 11.3 Å². The number of hydrogen-bond acceptors (Lipinski definition) is 4. The average Bonchev–Trinajstić information content (AvgIpc) is 3.07. The zero-order valence-electron chi connectivity index (χ0n) is 13.7. The predicted molar refractivity (Wildman–Crippen MR) is 94.7 cm³/mol. The topological polar surface area (TPSA) is 62.2 Å². The summed E-state index contributed by atoms with van der Waals surface area (Å²) in [7, 11) is 0. The van der Waals surface area contributed by atoms with Gasteiger partial charge in [0, 0.05) is 24.1 Å². The van der Waals surface area contributed by atoms with E-state index >= 15 is 0 Å². The minimum absolute atomic E-state index is 0.0917. The van der Waals surface area contributed by atoms with E-state index in [1.807, 2.05) is 35.9 Å². The second-order valence-electron chi connectivity index (χ2n) is 5.72. The first-order chi connectivity index (χ1) is 11.2. The van der Waals surface area contributed by atoms with E-state index in [2.05, 4.69) is 17.2 Å². The van der Waals surface area contributed by atoms with Gasteiger partial charge in [0.2, 0.25) is 0 Å². The van der Waals surface area contributed by atoms with Gasteiger partial charge in [-0.3, -0.25) is 9.78 Å². The summed E-state index contributed by atoms with van der Waals surface area (Å²) in [6, 6.07) is 5.75. The molecule has 23 heavy (non-hydrogen) atoms. The zero-order valence-corrected chi connectivity index (χ0v) is 14.5. The van der Waals surface area contributed by atoms with E-state index in [0.29, 0.717) is 18.0 Å². The van der Waals surface area contributed by atoms with Gasteiger partial charge in [0.15, 0.2) is 0 Å². The lowest BCUT2D eigenvalue weighted by molar-refractivity contribution is 0.0942. The van der Waals surface area contributed by atoms with Crippen molar-refractivity contribution in [3.63, 3.8) is 0 Å². The Morgan fingerprint density at radius 3 is 2.78 bits per heavy atom. The number of rotatable bonds is 8. The molecule has 0 fully saturated rings. The summed E-state index contributed by atoms with van der Waals surface area (Å²) in [6.07, 6.45) is 2.79. The Balaban J connectivity index is 2.02. The number of amides is 1. The van der Waals surface area contributed by atoms with Gasteiger partial charge in [0.05, 0.1) is 17.0 Å². The lowest BCUT2D eigenvalue weighted by Crippen LogP contribution is -2.30. The van der Waals surface area contributed by atoms with Crippen LogP contribution in [0.3, 0.4) is 0 Å². The maximum absolute atomic E-state index is 12.4. The molecule has 5 heteroatoms. The fourth-order valence-corrected chi connectivity index (χ4v) is 3.29. The fraction of sp³-hybridized carbons (Fsp3) is 0.444. The molecule has 2 aromatic heterocycles. The summed E-state index contributed by atoms with van der Waals surface area (Å²) < 4.78 is 0. The number of carbonyl (C=O) groups is 1. The number of thiophene rings is 1. The molecule has 4 nitrogen and oxygen atoms in total. The van der Waals surface area contributed by atoms with Crippen LogP contribution < -0.4 is 5.32 Å². The van der Waals surface area contributed by atoms with E-state index in [4.69, 9.17) is 5.11 Å². The van der Waals surface area contributed by atoms with E-state index in [1.54, 1.807) is 11.3 Å². The Morgan fingerprint density at radius 2 is 2.17 bits per heavy atom. The van der Waals surface area contributed by atoms with Gasteiger partial charge in [0.25, 0.3) is 5.91 Å². The van der Waals surface area contributed by atoms with Crippen molar-refractivity contribution < 1.29 is 9.90 Å². The first-order valence-corrected chi connectivity index (χ1v) is 8.99. The number of carbonyl (C=O) groups excluding carboxylic acids is 1. The van der Waals surface area contributed by atoms with Crippen LogP contribution in [0.5, 0.6) is 0 Å². The summed E-state index contributed by atoms with van der Waals surface area (Å²) >= 11 is 1.63. The highest BCUT2D eigenvalue weighted by Gasteiger charge is 2.14. The van der Waals surface area contributed by atoms with Crippen molar-refractivity contribution in [1.82, 2.24) is 10.3 Å². The predicted octanol–water partition coefficient (Wildman–Crippen LogP) is 3.65. The molecule has 0 saturated carbocycles. The molecule has 0 aliphatic rings.